The zero-order chi connectivity index (χ0) is 32.0. The van der Waals surface area contributed by atoms with Crippen LogP contribution in [0, 0.1) is 0 Å². The van der Waals surface area contributed by atoms with Crippen LogP contribution in [0.1, 0.15) is 25.0 Å². The van der Waals surface area contributed by atoms with Crippen LogP contribution in [0.15, 0.2) is 160 Å². The number of rotatable bonds is 4. The molecule has 2 aromatic heterocycles. The van der Waals surface area contributed by atoms with Gasteiger partial charge in [-0.05, 0) is 94.0 Å². The molecule has 1 aliphatic carbocycles. The molecule has 2 heterocycles. The maximum Gasteiger partial charge on any atom is 0.137 e. The van der Waals surface area contributed by atoms with E-state index in [9.17, 15) is 0 Å². The highest BCUT2D eigenvalue weighted by atomic mass is 16.3. The number of anilines is 3. The van der Waals surface area contributed by atoms with Gasteiger partial charge >= 0.3 is 0 Å². The fourth-order valence-electron chi connectivity index (χ4n) is 7.88. The molecule has 0 radical (unpaired) electrons. The van der Waals surface area contributed by atoms with Gasteiger partial charge in [0.1, 0.15) is 22.3 Å². The first-order valence-electron chi connectivity index (χ1n) is 16.5. The zero-order valence-electron chi connectivity index (χ0n) is 26.7. The van der Waals surface area contributed by atoms with Crippen molar-refractivity contribution in [2.45, 2.75) is 19.3 Å². The van der Waals surface area contributed by atoms with Gasteiger partial charge in [-0.2, -0.15) is 0 Å². The van der Waals surface area contributed by atoms with Crippen molar-refractivity contribution in [3.63, 3.8) is 0 Å². The van der Waals surface area contributed by atoms with Gasteiger partial charge in [-0.1, -0.05) is 105 Å². The summed E-state index contributed by atoms with van der Waals surface area (Å²) in [5, 5.41) is 4.53. The SMILES string of the molecule is CC1(C)c2cc(N(c3ccc(-c4ccccc4)cc3)c3cccc4oc5ccccc5c34)ccc2-c2cc3c(cc21)oc1ccccc13. The third-order valence-corrected chi connectivity index (χ3v) is 10.3. The average molecular weight is 618 g/mol. The Morgan fingerprint density at radius 3 is 1.88 bits per heavy atom. The predicted octanol–water partition coefficient (Wildman–Crippen LogP) is 12.9. The molecule has 0 bridgehead atoms. The minimum absolute atomic E-state index is 0.217. The Hall–Kier alpha value is -6.06. The number of benzene rings is 7. The number of hydrogen-bond donors (Lipinski definition) is 0. The van der Waals surface area contributed by atoms with Crippen LogP contribution < -0.4 is 4.90 Å². The molecule has 1 aliphatic rings. The average Bonchev–Trinajstić information content (AvgIpc) is 3.76. The molecule has 48 heavy (non-hydrogen) atoms. The first kappa shape index (κ1) is 27.1. The highest BCUT2D eigenvalue weighted by Gasteiger charge is 2.37. The monoisotopic (exact) mass is 617 g/mol. The summed E-state index contributed by atoms with van der Waals surface area (Å²) in [6.45, 7) is 4.67. The fraction of sp³-hybridized carbons (Fsp3) is 0.0667. The Balaban J connectivity index is 1.18. The zero-order valence-corrected chi connectivity index (χ0v) is 26.7. The van der Waals surface area contributed by atoms with Crippen LogP contribution in [0.3, 0.4) is 0 Å². The number of para-hydroxylation sites is 2. The van der Waals surface area contributed by atoms with Crippen LogP contribution in [-0.2, 0) is 5.41 Å². The van der Waals surface area contributed by atoms with Crippen molar-refractivity contribution in [2.75, 3.05) is 4.90 Å². The van der Waals surface area contributed by atoms with Crippen molar-refractivity contribution in [1.29, 1.82) is 0 Å². The Bertz CT molecular complexity index is 2690. The largest absolute Gasteiger partial charge is 0.456 e. The normalized spacial score (nSPS) is 13.4. The smallest absolute Gasteiger partial charge is 0.137 e. The molecule has 3 heteroatoms. The van der Waals surface area contributed by atoms with Crippen molar-refractivity contribution in [2.24, 2.45) is 0 Å². The molecule has 0 saturated heterocycles. The number of fused-ring (bicyclic) bond motifs is 9. The Labute approximate surface area is 278 Å². The minimum Gasteiger partial charge on any atom is -0.456 e. The Morgan fingerprint density at radius 2 is 1.06 bits per heavy atom. The van der Waals surface area contributed by atoms with Gasteiger partial charge in [0.2, 0.25) is 0 Å². The third kappa shape index (κ3) is 3.88. The highest BCUT2D eigenvalue weighted by molar-refractivity contribution is 6.13. The van der Waals surface area contributed by atoms with E-state index in [1.807, 2.05) is 18.2 Å². The topological polar surface area (TPSA) is 29.5 Å². The van der Waals surface area contributed by atoms with Gasteiger partial charge in [0, 0.05) is 32.9 Å². The molecule has 0 unspecified atom stereocenters. The molecule has 9 aromatic rings. The van der Waals surface area contributed by atoms with E-state index in [-0.39, 0.29) is 5.41 Å². The quantitative estimate of drug-likeness (QED) is 0.197. The van der Waals surface area contributed by atoms with E-state index in [0.717, 1.165) is 60.9 Å². The molecule has 0 aliphatic heterocycles. The van der Waals surface area contributed by atoms with E-state index in [4.69, 9.17) is 8.83 Å². The number of furan rings is 2. The predicted molar refractivity (Wildman–Crippen MR) is 199 cm³/mol. The van der Waals surface area contributed by atoms with Crippen molar-refractivity contribution < 1.29 is 8.83 Å². The van der Waals surface area contributed by atoms with Crippen LogP contribution in [0.4, 0.5) is 17.1 Å². The molecule has 0 spiro atoms. The second kappa shape index (κ2) is 9.97. The molecule has 0 atom stereocenters. The van der Waals surface area contributed by atoms with Gasteiger partial charge in [-0.25, -0.2) is 0 Å². The van der Waals surface area contributed by atoms with Crippen LogP contribution in [0.2, 0.25) is 0 Å². The second-order valence-corrected chi connectivity index (χ2v) is 13.3. The van der Waals surface area contributed by atoms with Crippen molar-refractivity contribution in [3.05, 3.63) is 163 Å². The number of nitrogens with zero attached hydrogens (tertiary/aromatic N) is 1. The van der Waals surface area contributed by atoms with E-state index in [1.54, 1.807) is 0 Å². The molecule has 3 nitrogen and oxygen atoms in total. The van der Waals surface area contributed by atoms with Crippen LogP contribution in [-0.4, -0.2) is 0 Å². The molecule has 10 rings (SSSR count). The fourth-order valence-corrected chi connectivity index (χ4v) is 7.88. The van der Waals surface area contributed by atoms with E-state index in [2.05, 4.69) is 152 Å². The summed E-state index contributed by atoms with van der Waals surface area (Å²) in [4.78, 5) is 2.39. The summed E-state index contributed by atoms with van der Waals surface area (Å²) in [5.41, 5.74) is 14.2. The van der Waals surface area contributed by atoms with Crippen LogP contribution in [0.5, 0.6) is 0 Å². The van der Waals surface area contributed by atoms with Crippen molar-refractivity contribution in [3.8, 4) is 22.3 Å². The Morgan fingerprint density at radius 1 is 0.438 bits per heavy atom. The second-order valence-electron chi connectivity index (χ2n) is 13.3. The third-order valence-electron chi connectivity index (χ3n) is 10.3. The lowest BCUT2D eigenvalue weighted by Crippen LogP contribution is -2.16. The van der Waals surface area contributed by atoms with Crippen molar-refractivity contribution in [1.82, 2.24) is 0 Å². The summed E-state index contributed by atoms with van der Waals surface area (Å²) < 4.78 is 12.7. The summed E-state index contributed by atoms with van der Waals surface area (Å²) in [6.07, 6.45) is 0. The molecular formula is C45H31NO2. The molecule has 0 amide bonds. The van der Waals surface area contributed by atoms with Gasteiger partial charge in [0.05, 0.1) is 11.1 Å². The number of hydrogen-bond acceptors (Lipinski definition) is 3. The lowest BCUT2D eigenvalue weighted by atomic mass is 9.82. The molecular weight excluding hydrogens is 587 g/mol. The van der Waals surface area contributed by atoms with Crippen LogP contribution in [0.25, 0.3) is 66.1 Å². The van der Waals surface area contributed by atoms with Crippen LogP contribution >= 0.6 is 0 Å². The molecule has 0 fully saturated rings. The van der Waals surface area contributed by atoms with Gasteiger partial charge < -0.3 is 13.7 Å². The Kier molecular flexibility index (Phi) is 5.63. The summed E-state index contributed by atoms with van der Waals surface area (Å²) in [5.74, 6) is 0. The maximum atomic E-state index is 6.37. The maximum absolute atomic E-state index is 6.37. The standard InChI is InChI=1S/C45H31NO2/c1-45(2)37-25-31(23-24-32(37)35-26-36-33-13-6-8-16-40(33)48-43(36)27-38(35)45)46(30-21-19-29(20-22-30)28-11-4-3-5-12-28)39-15-10-18-42-44(39)34-14-7-9-17-41(34)47-42/h3-27H,1-2H3. The van der Waals surface area contributed by atoms with Gasteiger partial charge in [-0.15, -0.1) is 0 Å². The van der Waals surface area contributed by atoms with Crippen molar-refractivity contribution >= 4 is 60.9 Å². The first-order valence-corrected chi connectivity index (χ1v) is 16.5. The summed E-state index contributed by atoms with van der Waals surface area (Å²) in [6, 6.07) is 54.0. The first-order chi connectivity index (χ1) is 23.5. The lowest BCUT2D eigenvalue weighted by Gasteiger charge is -2.28. The summed E-state index contributed by atoms with van der Waals surface area (Å²) >= 11 is 0. The van der Waals surface area contributed by atoms with Gasteiger partial charge in [0.15, 0.2) is 0 Å². The molecule has 0 saturated carbocycles. The highest BCUT2D eigenvalue weighted by Crippen LogP contribution is 2.53. The van der Waals surface area contributed by atoms with E-state index in [1.165, 1.54) is 33.4 Å². The van der Waals surface area contributed by atoms with E-state index >= 15 is 0 Å². The lowest BCUT2D eigenvalue weighted by molar-refractivity contribution is 0.647. The molecule has 7 aromatic carbocycles. The summed E-state index contributed by atoms with van der Waals surface area (Å²) in [7, 11) is 0. The van der Waals surface area contributed by atoms with Gasteiger partial charge in [0.25, 0.3) is 0 Å². The van der Waals surface area contributed by atoms with Gasteiger partial charge in [-0.3, -0.25) is 0 Å². The van der Waals surface area contributed by atoms with E-state index in [0.29, 0.717) is 0 Å². The molecule has 0 N–H and O–H groups in total. The van der Waals surface area contributed by atoms with E-state index < -0.39 is 0 Å². The minimum atomic E-state index is -0.217. The molecule has 228 valence electrons.